The maximum atomic E-state index is 11.5. The number of halogens is 1. The zero-order valence-electron chi connectivity index (χ0n) is 11.8. The van der Waals surface area contributed by atoms with Gasteiger partial charge in [0, 0.05) is 25.5 Å². The third-order valence-corrected chi connectivity index (χ3v) is 2.99. The molecule has 0 saturated carbocycles. The first-order valence-corrected chi connectivity index (χ1v) is 6.66. The van der Waals surface area contributed by atoms with E-state index < -0.39 is 0 Å². The lowest BCUT2D eigenvalue weighted by Gasteiger charge is -2.11. The Balaban J connectivity index is 0.00000324. The summed E-state index contributed by atoms with van der Waals surface area (Å²) in [7, 11) is 0. The van der Waals surface area contributed by atoms with Crippen LogP contribution in [-0.4, -0.2) is 28.0 Å². The molecule has 6 heteroatoms. The summed E-state index contributed by atoms with van der Waals surface area (Å²) in [4.78, 5) is 15.7. The number of aromatic nitrogens is 2. The molecule has 0 aromatic carbocycles. The van der Waals surface area contributed by atoms with E-state index in [1.165, 1.54) is 0 Å². The molecule has 1 atom stereocenters. The summed E-state index contributed by atoms with van der Waals surface area (Å²) in [6, 6.07) is -0.356. The van der Waals surface area contributed by atoms with Crippen LogP contribution in [0.5, 0.6) is 0 Å². The fraction of sp³-hybridized carbons (Fsp3) is 0.692. The molecule has 1 heterocycles. The average molecular weight is 289 g/mol. The third-order valence-electron chi connectivity index (χ3n) is 2.99. The molecule has 110 valence electrons. The predicted octanol–water partition coefficient (Wildman–Crippen LogP) is 1.64. The lowest BCUT2D eigenvalue weighted by Crippen LogP contribution is -2.40. The van der Waals surface area contributed by atoms with Gasteiger partial charge in [-0.15, -0.1) is 12.4 Å². The number of nitrogens with two attached hydrogens (primary N) is 1. The van der Waals surface area contributed by atoms with Crippen molar-refractivity contribution in [3.8, 4) is 0 Å². The molecule has 0 fully saturated rings. The molecule has 1 aromatic rings. The second-order valence-electron chi connectivity index (χ2n) is 4.56. The molecule has 0 spiro atoms. The second-order valence-corrected chi connectivity index (χ2v) is 4.56. The number of hydrogen-bond acceptors (Lipinski definition) is 3. The minimum atomic E-state index is -0.356. The Morgan fingerprint density at radius 2 is 2.26 bits per heavy atom. The summed E-state index contributed by atoms with van der Waals surface area (Å²) >= 11 is 0. The van der Waals surface area contributed by atoms with Crippen molar-refractivity contribution < 1.29 is 4.79 Å². The van der Waals surface area contributed by atoms with Gasteiger partial charge in [0.15, 0.2) is 0 Å². The van der Waals surface area contributed by atoms with Crippen LogP contribution >= 0.6 is 12.4 Å². The van der Waals surface area contributed by atoms with Gasteiger partial charge in [-0.2, -0.15) is 0 Å². The van der Waals surface area contributed by atoms with Crippen molar-refractivity contribution in [2.75, 3.05) is 6.54 Å². The molecular weight excluding hydrogens is 264 g/mol. The van der Waals surface area contributed by atoms with E-state index in [0.29, 0.717) is 6.54 Å². The van der Waals surface area contributed by atoms with E-state index in [1.54, 1.807) is 6.20 Å². The molecule has 0 aliphatic heterocycles. The van der Waals surface area contributed by atoms with Crippen LogP contribution in [0.3, 0.4) is 0 Å². The van der Waals surface area contributed by atoms with E-state index in [4.69, 9.17) is 5.73 Å². The number of imidazole rings is 1. The molecule has 0 bridgehead atoms. The van der Waals surface area contributed by atoms with Crippen molar-refractivity contribution in [3.05, 3.63) is 18.2 Å². The van der Waals surface area contributed by atoms with Gasteiger partial charge in [-0.25, -0.2) is 4.98 Å². The number of aryl methyl sites for hydroxylation is 2. The SMILES string of the molecule is CCCC(N)C(=O)NCCCCn1ccnc1C.Cl. The molecule has 0 saturated heterocycles. The number of hydrogen-bond donors (Lipinski definition) is 2. The Hall–Kier alpha value is -1.07. The summed E-state index contributed by atoms with van der Waals surface area (Å²) in [6.07, 6.45) is 7.46. The Bertz CT molecular complexity index is 367. The molecule has 1 amide bonds. The van der Waals surface area contributed by atoms with Crippen LogP contribution < -0.4 is 11.1 Å². The van der Waals surface area contributed by atoms with Crippen LogP contribution in [0.25, 0.3) is 0 Å². The zero-order chi connectivity index (χ0) is 13.4. The van der Waals surface area contributed by atoms with Crippen LogP contribution in [-0.2, 0) is 11.3 Å². The van der Waals surface area contributed by atoms with Gasteiger partial charge in [0.05, 0.1) is 6.04 Å². The summed E-state index contributed by atoms with van der Waals surface area (Å²) in [5.74, 6) is 1.000. The number of unbranched alkanes of at least 4 members (excludes halogenated alkanes) is 1. The van der Waals surface area contributed by atoms with E-state index in [0.717, 1.165) is 38.1 Å². The van der Waals surface area contributed by atoms with Crippen LogP contribution in [0, 0.1) is 6.92 Å². The van der Waals surface area contributed by atoms with Crippen LogP contribution in [0.2, 0.25) is 0 Å². The maximum absolute atomic E-state index is 11.5. The van der Waals surface area contributed by atoms with Crippen LogP contribution in [0.4, 0.5) is 0 Å². The Morgan fingerprint density at radius 3 is 2.84 bits per heavy atom. The minimum absolute atomic E-state index is 0. The van der Waals surface area contributed by atoms with Gasteiger partial charge in [0.25, 0.3) is 0 Å². The normalized spacial score (nSPS) is 11.7. The lowest BCUT2D eigenvalue weighted by atomic mass is 10.1. The fourth-order valence-corrected chi connectivity index (χ4v) is 1.83. The number of amides is 1. The molecule has 19 heavy (non-hydrogen) atoms. The maximum Gasteiger partial charge on any atom is 0.236 e. The van der Waals surface area contributed by atoms with Crippen LogP contribution in [0.1, 0.15) is 38.4 Å². The van der Waals surface area contributed by atoms with E-state index in [2.05, 4.69) is 14.9 Å². The molecular formula is C13H25ClN4O. The highest BCUT2D eigenvalue weighted by molar-refractivity contribution is 5.85. The molecule has 1 aromatic heterocycles. The summed E-state index contributed by atoms with van der Waals surface area (Å²) < 4.78 is 2.12. The standard InChI is InChI=1S/C13H24N4O.ClH/c1-3-6-12(14)13(18)16-7-4-5-9-17-10-8-15-11(17)2;/h8,10,12H,3-7,9,14H2,1-2H3,(H,16,18);1H. The van der Waals surface area contributed by atoms with E-state index in [1.807, 2.05) is 20.0 Å². The van der Waals surface area contributed by atoms with Gasteiger partial charge in [-0.3, -0.25) is 4.79 Å². The van der Waals surface area contributed by atoms with Gasteiger partial charge in [0.2, 0.25) is 5.91 Å². The molecule has 0 aliphatic carbocycles. The lowest BCUT2D eigenvalue weighted by molar-refractivity contribution is -0.122. The zero-order valence-corrected chi connectivity index (χ0v) is 12.6. The fourth-order valence-electron chi connectivity index (χ4n) is 1.83. The largest absolute Gasteiger partial charge is 0.355 e. The molecule has 0 aliphatic rings. The molecule has 3 N–H and O–H groups in total. The van der Waals surface area contributed by atoms with Crippen molar-refractivity contribution in [2.24, 2.45) is 5.73 Å². The monoisotopic (exact) mass is 288 g/mol. The predicted molar refractivity (Wildman–Crippen MR) is 79.3 cm³/mol. The number of nitrogens with zero attached hydrogens (tertiary/aromatic N) is 2. The smallest absolute Gasteiger partial charge is 0.236 e. The Labute approximate surface area is 121 Å². The first kappa shape index (κ1) is 17.9. The third kappa shape index (κ3) is 6.59. The van der Waals surface area contributed by atoms with Crippen molar-refractivity contribution >= 4 is 18.3 Å². The van der Waals surface area contributed by atoms with Gasteiger partial charge in [0.1, 0.15) is 5.82 Å². The number of rotatable bonds is 8. The topological polar surface area (TPSA) is 72.9 Å². The van der Waals surface area contributed by atoms with Crippen LogP contribution in [0.15, 0.2) is 12.4 Å². The highest BCUT2D eigenvalue weighted by Gasteiger charge is 2.10. The Kier molecular flexibility index (Phi) is 9.26. The second kappa shape index (κ2) is 9.81. The first-order chi connectivity index (χ1) is 8.65. The van der Waals surface area contributed by atoms with E-state index >= 15 is 0 Å². The summed E-state index contributed by atoms with van der Waals surface area (Å²) in [6.45, 7) is 5.67. The van der Waals surface area contributed by atoms with Crippen molar-refractivity contribution in [2.45, 2.75) is 52.1 Å². The van der Waals surface area contributed by atoms with Crippen molar-refractivity contribution in [1.29, 1.82) is 0 Å². The average Bonchev–Trinajstić information content (AvgIpc) is 2.74. The first-order valence-electron chi connectivity index (χ1n) is 6.66. The molecule has 1 rings (SSSR count). The van der Waals surface area contributed by atoms with Gasteiger partial charge >= 0.3 is 0 Å². The molecule has 5 nitrogen and oxygen atoms in total. The van der Waals surface area contributed by atoms with E-state index in [9.17, 15) is 4.79 Å². The van der Waals surface area contributed by atoms with Gasteiger partial charge in [-0.1, -0.05) is 13.3 Å². The van der Waals surface area contributed by atoms with Crippen molar-refractivity contribution in [1.82, 2.24) is 14.9 Å². The number of carbonyl (C=O) groups is 1. The van der Waals surface area contributed by atoms with E-state index in [-0.39, 0.29) is 24.4 Å². The molecule has 0 radical (unpaired) electrons. The summed E-state index contributed by atoms with van der Waals surface area (Å²) in [5, 5.41) is 2.87. The molecule has 1 unspecified atom stereocenters. The Morgan fingerprint density at radius 1 is 1.53 bits per heavy atom. The highest BCUT2D eigenvalue weighted by atomic mass is 35.5. The van der Waals surface area contributed by atoms with Crippen molar-refractivity contribution in [3.63, 3.8) is 0 Å². The number of nitrogens with one attached hydrogen (secondary N) is 1. The summed E-state index contributed by atoms with van der Waals surface area (Å²) in [5.41, 5.74) is 5.72. The highest BCUT2D eigenvalue weighted by Crippen LogP contribution is 1.99. The van der Waals surface area contributed by atoms with Gasteiger partial charge in [-0.05, 0) is 26.2 Å². The minimum Gasteiger partial charge on any atom is -0.355 e. The van der Waals surface area contributed by atoms with Gasteiger partial charge < -0.3 is 15.6 Å². The number of carbonyl (C=O) groups excluding carboxylic acids is 1. The quantitative estimate of drug-likeness (QED) is 0.714.